The van der Waals surface area contributed by atoms with E-state index in [1.165, 1.54) is 32.4 Å². The summed E-state index contributed by atoms with van der Waals surface area (Å²) in [5.74, 6) is 0.938. The molecular weight excluding hydrogens is 276 g/mol. The van der Waals surface area contributed by atoms with Crippen LogP contribution >= 0.6 is 0 Å². The van der Waals surface area contributed by atoms with Gasteiger partial charge < -0.3 is 10.5 Å². The molecule has 2 aliphatic rings. The number of nitrogen functional groups attached to an aromatic ring is 1. The lowest BCUT2D eigenvalue weighted by atomic mass is 10.0. The molecule has 1 unspecified atom stereocenters. The summed E-state index contributed by atoms with van der Waals surface area (Å²) in [5, 5.41) is 6.30. The largest absolute Gasteiger partial charge is 0.492 e. The summed E-state index contributed by atoms with van der Waals surface area (Å²) in [7, 11) is 1.99. The Morgan fingerprint density at radius 3 is 2.82 bits per heavy atom. The third-order valence-electron chi connectivity index (χ3n) is 4.55. The molecule has 5 heteroatoms. The van der Waals surface area contributed by atoms with Gasteiger partial charge in [0.25, 0.3) is 0 Å². The van der Waals surface area contributed by atoms with Crippen LogP contribution in [0.4, 0.5) is 5.69 Å². The molecule has 2 aliphatic heterocycles. The van der Waals surface area contributed by atoms with Gasteiger partial charge in [-0.15, -0.1) is 0 Å². The molecule has 2 heterocycles. The van der Waals surface area contributed by atoms with E-state index in [-0.39, 0.29) is 6.04 Å². The first-order chi connectivity index (χ1) is 10.7. The highest BCUT2D eigenvalue weighted by molar-refractivity contribution is 5.62. The van der Waals surface area contributed by atoms with E-state index in [1.807, 2.05) is 36.5 Å². The number of anilines is 1. The Kier molecular flexibility index (Phi) is 4.83. The Balaban J connectivity index is 1.62. The number of hydrogen-bond acceptors (Lipinski definition) is 5. The highest BCUT2D eigenvalue weighted by Crippen LogP contribution is 2.34. The molecule has 5 nitrogen and oxygen atoms in total. The van der Waals surface area contributed by atoms with E-state index < -0.39 is 0 Å². The molecule has 0 radical (unpaired) electrons. The molecule has 3 rings (SSSR count). The van der Waals surface area contributed by atoms with Crippen LogP contribution in [0, 0.1) is 0 Å². The van der Waals surface area contributed by atoms with Crippen LogP contribution in [0.2, 0.25) is 0 Å². The third kappa shape index (κ3) is 3.53. The molecule has 2 N–H and O–H groups in total. The van der Waals surface area contributed by atoms with Gasteiger partial charge in [0, 0.05) is 37.5 Å². The minimum Gasteiger partial charge on any atom is -0.492 e. The van der Waals surface area contributed by atoms with Crippen molar-refractivity contribution in [2.45, 2.75) is 31.7 Å². The van der Waals surface area contributed by atoms with E-state index in [1.54, 1.807) is 0 Å². The van der Waals surface area contributed by atoms with E-state index in [0.717, 1.165) is 36.6 Å². The van der Waals surface area contributed by atoms with Crippen LogP contribution in [0.5, 0.6) is 5.75 Å². The first-order valence-corrected chi connectivity index (χ1v) is 8.24. The Hall–Kier alpha value is -1.75. The topological polar surface area (TPSA) is 54.1 Å². The summed E-state index contributed by atoms with van der Waals surface area (Å²) in [6, 6.07) is 6.16. The Morgan fingerprint density at radius 1 is 1.27 bits per heavy atom. The molecule has 120 valence electrons. The predicted octanol–water partition coefficient (Wildman–Crippen LogP) is 2.50. The van der Waals surface area contributed by atoms with Crippen LogP contribution in [-0.2, 0) is 0 Å². The number of rotatable bonds is 5. The molecule has 1 fully saturated rings. The Bertz CT molecular complexity index is 525. The van der Waals surface area contributed by atoms with Crippen molar-refractivity contribution in [2.24, 2.45) is 5.10 Å². The minimum atomic E-state index is 0.230. The summed E-state index contributed by atoms with van der Waals surface area (Å²) in [5.41, 5.74) is 7.88. The maximum Gasteiger partial charge on any atom is 0.124 e. The zero-order valence-electron chi connectivity index (χ0n) is 13.4. The maximum atomic E-state index is 6.08. The Morgan fingerprint density at radius 2 is 2.09 bits per heavy atom. The minimum absolute atomic E-state index is 0.230. The van der Waals surface area contributed by atoms with E-state index in [0.29, 0.717) is 0 Å². The fourth-order valence-electron chi connectivity index (χ4n) is 3.26. The Labute approximate surface area is 132 Å². The van der Waals surface area contributed by atoms with Crippen molar-refractivity contribution in [2.75, 3.05) is 39.0 Å². The number of piperidine rings is 1. The summed E-state index contributed by atoms with van der Waals surface area (Å²) in [4.78, 5) is 2.49. The second kappa shape index (κ2) is 7.01. The van der Waals surface area contributed by atoms with Crippen LogP contribution in [0.1, 0.15) is 37.3 Å². The number of nitrogens with zero attached hydrogens (tertiary/aromatic N) is 3. The first-order valence-electron chi connectivity index (χ1n) is 8.24. The third-order valence-corrected chi connectivity index (χ3v) is 4.55. The normalized spacial score (nSPS) is 22.2. The fourth-order valence-corrected chi connectivity index (χ4v) is 3.26. The molecule has 1 aromatic carbocycles. The van der Waals surface area contributed by atoms with Crippen molar-refractivity contribution >= 4 is 11.9 Å². The highest BCUT2D eigenvalue weighted by atomic mass is 16.5. The number of likely N-dealkylation sites (tertiary alicyclic amines) is 1. The fraction of sp³-hybridized carbons (Fsp3) is 0.588. The number of hydrogen-bond donors (Lipinski definition) is 1. The lowest BCUT2D eigenvalue weighted by molar-refractivity contribution is 0.180. The molecule has 22 heavy (non-hydrogen) atoms. The average Bonchev–Trinajstić information content (AvgIpc) is 2.96. The van der Waals surface area contributed by atoms with E-state index in [9.17, 15) is 0 Å². The van der Waals surface area contributed by atoms with Gasteiger partial charge in [-0.2, -0.15) is 5.10 Å². The maximum absolute atomic E-state index is 6.08. The van der Waals surface area contributed by atoms with Gasteiger partial charge in [0.15, 0.2) is 0 Å². The van der Waals surface area contributed by atoms with Gasteiger partial charge in [-0.1, -0.05) is 6.42 Å². The quantitative estimate of drug-likeness (QED) is 0.849. The second-order valence-electron chi connectivity index (χ2n) is 6.17. The molecule has 1 saturated heterocycles. The van der Waals surface area contributed by atoms with Crippen LogP contribution in [0.3, 0.4) is 0 Å². The summed E-state index contributed by atoms with van der Waals surface area (Å²) >= 11 is 0. The molecule has 1 aromatic rings. The molecule has 0 aromatic heterocycles. The van der Waals surface area contributed by atoms with Crippen LogP contribution < -0.4 is 10.5 Å². The zero-order valence-corrected chi connectivity index (χ0v) is 13.4. The van der Waals surface area contributed by atoms with Crippen LogP contribution in [0.25, 0.3) is 0 Å². The van der Waals surface area contributed by atoms with Crippen LogP contribution in [-0.4, -0.2) is 49.4 Å². The van der Waals surface area contributed by atoms with Crippen molar-refractivity contribution < 1.29 is 4.74 Å². The van der Waals surface area contributed by atoms with Gasteiger partial charge in [-0.3, -0.25) is 9.91 Å². The van der Waals surface area contributed by atoms with E-state index in [4.69, 9.17) is 10.5 Å². The standard InChI is InChI=1S/C17H26N4O/c1-20-16(7-8-19-20)15-13-14(18)5-6-17(15)22-12-11-21-9-3-2-4-10-21/h5-6,8,13,16H,2-4,7,9-12,18H2,1H3. The monoisotopic (exact) mass is 302 g/mol. The van der Waals surface area contributed by atoms with Gasteiger partial charge in [-0.05, 0) is 44.1 Å². The van der Waals surface area contributed by atoms with Crippen molar-refractivity contribution in [3.8, 4) is 5.75 Å². The lowest BCUT2D eigenvalue weighted by Crippen LogP contribution is -2.33. The number of hydrazone groups is 1. The van der Waals surface area contributed by atoms with Gasteiger partial charge in [-0.25, -0.2) is 0 Å². The highest BCUT2D eigenvalue weighted by Gasteiger charge is 2.23. The molecule has 0 spiro atoms. The first kappa shape index (κ1) is 15.2. The van der Waals surface area contributed by atoms with Gasteiger partial charge in [0.2, 0.25) is 0 Å². The van der Waals surface area contributed by atoms with Gasteiger partial charge in [0.1, 0.15) is 12.4 Å². The predicted molar refractivity (Wildman–Crippen MR) is 90.3 cm³/mol. The zero-order chi connectivity index (χ0) is 15.4. The second-order valence-corrected chi connectivity index (χ2v) is 6.17. The molecule has 1 atom stereocenters. The van der Waals surface area contributed by atoms with E-state index >= 15 is 0 Å². The molecule has 0 aliphatic carbocycles. The summed E-state index contributed by atoms with van der Waals surface area (Å²) in [6.45, 7) is 4.14. The van der Waals surface area contributed by atoms with Crippen molar-refractivity contribution in [1.82, 2.24) is 9.91 Å². The molecule has 0 amide bonds. The van der Waals surface area contributed by atoms with Crippen molar-refractivity contribution in [1.29, 1.82) is 0 Å². The molecular formula is C17H26N4O. The van der Waals surface area contributed by atoms with Crippen LogP contribution in [0.15, 0.2) is 23.3 Å². The van der Waals surface area contributed by atoms with Gasteiger partial charge in [0.05, 0.1) is 6.04 Å². The molecule has 0 bridgehead atoms. The SMILES string of the molecule is CN1N=CCC1c1cc(N)ccc1OCCN1CCCCC1. The van der Waals surface area contributed by atoms with Gasteiger partial charge >= 0.3 is 0 Å². The average molecular weight is 302 g/mol. The van der Waals surface area contributed by atoms with Crippen molar-refractivity contribution in [3.05, 3.63) is 23.8 Å². The van der Waals surface area contributed by atoms with E-state index in [2.05, 4.69) is 10.0 Å². The molecule has 0 saturated carbocycles. The summed E-state index contributed by atoms with van der Waals surface area (Å²) < 4.78 is 6.08. The number of benzene rings is 1. The lowest BCUT2D eigenvalue weighted by Gasteiger charge is -2.27. The number of nitrogens with two attached hydrogens (primary N) is 1. The van der Waals surface area contributed by atoms with Crippen molar-refractivity contribution in [3.63, 3.8) is 0 Å². The summed E-state index contributed by atoms with van der Waals surface area (Å²) in [6.07, 6.45) is 6.86. The smallest absolute Gasteiger partial charge is 0.124 e. The number of ether oxygens (including phenoxy) is 1.